The summed E-state index contributed by atoms with van der Waals surface area (Å²) in [6.45, 7) is 9.13. The summed E-state index contributed by atoms with van der Waals surface area (Å²) in [7, 11) is -9.39. The fourth-order valence-electron chi connectivity index (χ4n) is 3.39. The molecule has 10 N–H and O–H groups in total. The Morgan fingerprint density at radius 1 is 0.543 bits per heavy atom. The van der Waals surface area contributed by atoms with Gasteiger partial charge in [-0.3, -0.25) is 9.11 Å². The molecule has 3 rings (SSSR count). The smallest absolute Gasteiger partial charge is 0.295 e. The lowest BCUT2D eigenvalue weighted by atomic mass is 10.00. The summed E-state index contributed by atoms with van der Waals surface area (Å²) in [4.78, 5) is -1.14. The fraction of sp³-hybridized carbons (Fsp3) is 0.217. The third kappa shape index (κ3) is 6.03. The van der Waals surface area contributed by atoms with Gasteiger partial charge in [0.25, 0.3) is 20.2 Å². The van der Waals surface area contributed by atoms with Gasteiger partial charge < -0.3 is 22.9 Å². The predicted octanol–water partition coefficient (Wildman–Crippen LogP) is 3.40. The second-order valence-corrected chi connectivity index (χ2v) is 11.1. The molecular weight excluding hydrogens is 492 g/mol. The summed E-state index contributed by atoms with van der Waals surface area (Å²) in [5.41, 5.74) is 28.7. The fourth-order valence-corrected chi connectivity index (χ4v) is 4.83. The summed E-state index contributed by atoms with van der Waals surface area (Å²) < 4.78 is 65.6. The van der Waals surface area contributed by atoms with E-state index in [2.05, 4.69) is 0 Å². The zero-order valence-corrected chi connectivity index (χ0v) is 21.7. The molecule has 190 valence electrons. The molecule has 0 heterocycles. The van der Waals surface area contributed by atoms with Gasteiger partial charge in [0.1, 0.15) is 9.79 Å². The highest BCUT2D eigenvalue weighted by Crippen LogP contribution is 2.37. The van der Waals surface area contributed by atoms with Crippen LogP contribution in [0.1, 0.15) is 27.8 Å². The minimum absolute atomic E-state index is 0.104. The second kappa shape index (κ2) is 9.74. The number of anilines is 4. The molecule has 0 radical (unpaired) electrons. The Bertz CT molecular complexity index is 1420. The first-order valence-electron chi connectivity index (χ1n) is 10.2. The van der Waals surface area contributed by atoms with Crippen molar-refractivity contribution in [3.05, 3.63) is 58.1 Å². The van der Waals surface area contributed by atoms with Crippen molar-refractivity contribution in [1.82, 2.24) is 0 Å². The van der Waals surface area contributed by atoms with Crippen LogP contribution < -0.4 is 22.9 Å². The minimum atomic E-state index is -4.69. The van der Waals surface area contributed by atoms with Gasteiger partial charge >= 0.3 is 0 Å². The second-order valence-electron chi connectivity index (χ2n) is 8.31. The quantitative estimate of drug-likeness (QED) is 0.218. The summed E-state index contributed by atoms with van der Waals surface area (Å²) in [6, 6.07) is 6.60. The molecule has 0 spiro atoms. The molecule has 0 aliphatic rings. The number of hydrogen-bond donors (Lipinski definition) is 6. The molecule has 0 aromatic heterocycles. The van der Waals surface area contributed by atoms with Crippen LogP contribution in [0.4, 0.5) is 22.7 Å². The van der Waals surface area contributed by atoms with Crippen molar-refractivity contribution in [1.29, 1.82) is 0 Å². The maximum atomic E-state index is 11.7. The van der Waals surface area contributed by atoms with Gasteiger partial charge in [-0.25, -0.2) is 0 Å². The molecule has 0 fully saturated rings. The zero-order valence-electron chi connectivity index (χ0n) is 20.0. The van der Waals surface area contributed by atoms with Crippen molar-refractivity contribution in [2.75, 3.05) is 22.9 Å². The summed E-state index contributed by atoms with van der Waals surface area (Å²) >= 11 is 0. The van der Waals surface area contributed by atoms with Gasteiger partial charge in [-0.15, -0.1) is 0 Å². The van der Waals surface area contributed by atoms with Crippen LogP contribution in [-0.2, 0) is 20.2 Å². The van der Waals surface area contributed by atoms with E-state index < -0.39 is 30.0 Å². The van der Waals surface area contributed by atoms with Crippen LogP contribution in [0.15, 0.2) is 40.1 Å². The first-order valence-corrected chi connectivity index (χ1v) is 13.1. The highest BCUT2D eigenvalue weighted by molar-refractivity contribution is 7.86. The van der Waals surface area contributed by atoms with E-state index in [9.17, 15) is 25.9 Å². The van der Waals surface area contributed by atoms with E-state index in [4.69, 9.17) is 22.9 Å². The van der Waals surface area contributed by atoms with Crippen molar-refractivity contribution >= 4 is 43.0 Å². The Labute approximate surface area is 205 Å². The van der Waals surface area contributed by atoms with Crippen molar-refractivity contribution in [2.24, 2.45) is 0 Å². The SMILES string of the molecule is Cc1cc(-c2cc(C)c(N)cc2S(=O)(=O)O)c(S(=O)(=O)O)cc1N.Cc1cc(N)c(C)c(C)c1N. The van der Waals surface area contributed by atoms with Crippen molar-refractivity contribution in [3.63, 3.8) is 0 Å². The monoisotopic (exact) mass is 522 g/mol. The third-order valence-electron chi connectivity index (χ3n) is 5.78. The van der Waals surface area contributed by atoms with Gasteiger partial charge in [0, 0.05) is 33.9 Å². The normalized spacial score (nSPS) is 11.6. The largest absolute Gasteiger partial charge is 0.398 e. The first kappa shape index (κ1) is 27.9. The van der Waals surface area contributed by atoms with Gasteiger partial charge in [0.15, 0.2) is 0 Å². The van der Waals surface area contributed by atoms with Gasteiger partial charge in [-0.2, -0.15) is 16.8 Å². The van der Waals surface area contributed by atoms with E-state index in [1.165, 1.54) is 12.1 Å². The van der Waals surface area contributed by atoms with E-state index in [1.807, 2.05) is 26.8 Å². The maximum absolute atomic E-state index is 11.7. The Hall–Kier alpha value is -3.32. The number of aryl methyl sites for hydroxylation is 3. The average molecular weight is 523 g/mol. The summed E-state index contributed by atoms with van der Waals surface area (Å²) in [5.74, 6) is 0. The van der Waals surface area contributed by atoms with E-state index in [-0.39, 0.29) is 22.5 Å². The Kier molecular flexibility index (Phi) is 7.77. The lowest BCUT2D eigenvalue weighted by Gasteiger charge is -2.15. The molecule has 10 nitrogen and oxygen atoms in total. The standard InChI is InChI=1S/C14H16N2O6S2.C9H14N2/c1-7-3-9(13(5-11(7)15)23(17,18)19)10-4-8(2)12(16)6-14(10)24(20,21)22;1-5-4-8(10)6(2)7(3)9(5)11/h3-6H,15-16H2,1-2H3,(H,17,18,19)(H,20,21,22);4H,10-11H2,1-3H3. The highest BCUT2D eigenvalue weighted by atomic mass is 32.2. The van der Waals surface area contributed by atoms with Gasteiger partial charge in [-0.1, -0.05) is 0 Å². The molecule has 12 heteroatoms. The van der Waals surface area contributed by atoms with Gasteiger partial charge in [0.05, 0.1) is 0 Å². The average Bonchev–Trinajstić information content (AvgIpc) is 2.73. The van der Waals surface area contributed by atoms with Crippen molar-refractivity contribution in [3.8, 4) is 11.1 Å². The summed E-state index contributed by atoms with van der Waals surface area (Å²) in [5, 5.41) is 0. The molecule has 0 saturated heterocycles. The van der Waals surface area contributed by atoms with Crippen LogP contribution in [0, 0.1) is 34.6 Å². The molecule has 35 heavy (non-hydrogen) atoms. The van der Waals surface area contributed by atoms with Crippen LogP contribution in [0.25, 0.3) is 11.1 Å². The Morgan fingerprint density at radius 3 is 1.26 bits per heavy atom. The van der Waals surface area contributed by atoms with Crippen molar-refractivity contribution < 1.29 is 25.9 Å². The van der Waals surface area contributed by atoms with Crippen LogP contribution in [0.3, 0.4) is 0 Å². The van der Waals surface area contributed by atoms with Crippen LogP contribution in [0.2, 0.25) is 0 Å². The third-order valence-corrected chi connectivity index (χ3v) is 7.57. The molecule has 0 unspecified atom stereocenters. The lowest BCUT2D eigenvalue weighted by Crippen LogP contribution is -2.08. The molecule has 3 aromatic rings. The predicted molar refractivity (Wildman–Crippen MR) is 139 cm³/mol. The van der Waals surface area contributed by atoms with E-state index in [0.717, 1.165) is 40.2 Å². The molecule has 3 aromatic carbocycles. The Morgan fingerprint density at radius 2 is 0.914 bits per heavy atom. The van der Waals surface area contributed by atoms with Crippen molar-refractivity contribution in [2.45, 2.75) is 44.4 Å². The molecule has 0 bridgehead atoms. The van der Waals surface area contributed by atoms with Gasteiger partial charge in [-0.05, 0) is 92.8 Å². The minimum Gasteiger partial charge on any atom is -0.398 e. The first-order chi connectivity index (χ1) is 15.9. The number of rotatable bonds is 3. The topological polar surface area (TPSA) is 213 Å². The number of nitrogens with two attached hydrogens (primary N) is 4. The molecule has 0 aliphatic heterocycles. The molecule has 0 aliphatic carbocycles. The Balaban J connectivity index is 0.000000328. The number of hydrogen-bond acceptors (Lipinski definition) is 8. The van der Waals surface area contributed by atoms with E-state index >= 15 is 0 Å². The molecular formula is C23H30N4O6S2. The van der Waals surface area contributed by atoms with Crippen LogP contribution in [0.5, 0.6) is 0 Å². The number of benzene rings is 3. The van der Waals surface area contributed by atoms with Crippen LogP contribution in [-0.4, -0.2) is 25.9 Å². The molecule has 0 saturated carbocycles. The zero-order chi connectivity index (χ0) is 27.0. The van der Waals surface area contributed by atoms with E-state index in [0.29, 0.717) is 11.1 Å². The van der Waals surface area contributed by atoms with Gasteiger partial charge in [0.2, 0.25) is 0 Å². The highest BCUT2D eigenvalue weighted by Gasteiger charge is 2.25. The van der Waals surface area contributed by atoms with E-state index in [1.54, 1.807) is 13.8 Å². The maximum Gasteiger partial charge on any atom is 0.295 e. The lowest BCUT2D eigenvalue weighted by molar-refractivity contribution is 0.480. The van der Waals surface area contributed by atoms with Crippen LogP contribution >= 0.6 is 0 Å². The molecule has 0 atom stereocenters. The molecule has 0 amide bonds. The number of nitrogen functional groups attached to an aromatic ring is 4. The summed E-state index contributed by atoms with van der Waals surface area (Å²) in [6.07, 6.45) is 0.